The van der Waals surface area contributed by atoms with Crippen molar-refractivity contribution < 1.29 is 0 Å². The Bertz CT molecular complexity index is 4740. The molecule has 0 N–H and O–H groups in total. The summed E-state index contributed by atoms with van der Waals surface area (Å²) in [5, 5.41) is 16.0. The molecule has 72 heavy (non-hydrogen) atoms. The highest BCUT2D eigenvalue weighted by Gasteiger charge is 2.26. The number of benzene rings is 11. The zero-order valence-electron chi connectivity index (χ0n) is 38.9. The molecule has 0 atom stereocenters. The minimum absolute atomic E-state index is 0.881. The quantitative estimate of drug-likeness (QED) is 0.128. The smallest absolute Gasteiger partial charge is 0.0970 e. The summed E-state index contributed by atoms with van der Waals surface area (Å²) < 4.78 is 0. The van der Waals surface area contributed by atoms with Crippen LogP contribution in [0.3, 0.4) is 0 Å². The Morgan fingerprint density at radius 2 is 0.639 bits per heavy atom. The van der Waals surface area contributed by atoms with Crippen LogP contribution in [0.4, 0.5) is 0 Å². The van der Waals surface area contributed by atoms with Gasteiger partial charge in [0.15, 0.2) is 0 Å². The van der Waals surface area contributed by atoms with Gasteiger partial charge in [-0.2, -0.15) is 0 Å². The highest BCUT2D eigenvalue weighted by Crippen LogP contribution is 2.53. The summed E-state index contributed by atoms with van der Waals surface area (Å²) >= 11 is 0. The van der Waals surface area contributed by atoms with E-state index in [0.717, 1.165) is 104 Å². The third-order valence-corrected chi connectivity index (χ3v) is 14.9. The van der Waals surface area contributed by atoms with Gasteiger partial charge in [0.1, 0.15) is 0 Å². The molecule has 4 heterocycles. The molecule has 15 rings (SSSR count). The molecule has 0 radical (unpaired) electrons. The molecule has 4 heteroatoms. The van der Waals surface area contributed by atoms with Crippen LogP contribution in [0.15, 0.2) is 243 Å². The van der Waals surface area contributed by atoms with E-state index in [1.54, 1.807) is 0 Å². The number of nitrogens with zero attached hydrogens (tertiary/aromatic N) is 4. The fourth-order valence-electron chi connectivity index (χ4n) is 11.8. The lowest BCUT2D eigenvalue weighted by molar-refractivity contribution is 1.37. The van der Waals surface area contributed by atoms with Crippen LogP contribution < -0.4 is 0 Å². The first-order valence-corrected chi connectivity index (χ1v) is 24.5. The van der Waals surface area contributed by atoms with Crippen molar-refractivity contribution in [2.24, 2.45) is 0 Å². The van der Waals surface area contributed by atoms with Crippen molar-refractivity contribution >= 4 is 97.5 Å². The zero-order valence-corrected chi connectivity index (χ0v) is 38.9. The van der Waals surface area contributed by atoms with Gasteiger partial charge in [0, 0.05) is 46.3 Å². The molecule has 11 aromatic carbocycles. The number of fused-ring (bicyclic) bond motifs is 12. The lowest BCUT2D eigenvalue weighted by Gasteiger charge is -2.24. The van der Waals surface area contributed by atoms with E-state index in [1.165, 1.54) is 49.0 Å². The van der Waals surface area contributed by atoms with E-state index in [9.17, 15) is 0 Å². The second-order valence-corrected chi connectivity index (χ2v) is 18.8. The molecule has 0 unspecified atom stereocenters. The van der Waals surface area contributed by atoms with Gasteiger partial charge in [0.05, 0.1) is 22.1 Å². The normalized spacial score (nSPS) is 11.9. The highest BCUT2D eigenvalue weighted by molar-refractivity contribution is 6.32. The molecule has 4 nitrogen and oxygen atoms in total. The van der Waals surface area contributed by atoms with Gasteiger partial charge < -0.3 is 0 Å². The lowest BCUT2D eigenvalue weighted by Crippen LogP contribution is -1.97. The van der Waals surface area contributed by atoms with E-state index >= 15 is 0 Å². The number of hydrogen-bond donors (Lipinski definition) is 0. The maximum atomic E-state index is 5.07. The molecule has 0 saturated carbocycles. The van der Waals surface area contributed by atoms with E-state index in [0.29, 0.717) is 0 Å². The zero-order chi connectivity index (χ0) is 47.3. The lowest BCUT2D eigenvalue weighted by atomic mass is 9.79. The Hall–Kier alpha value is -9.64. The van der Waals surface area contributed by atoms with Crippen LogP contribution in [0.2, 0.25) is 0 Å². The van der Waals surface area contributed by atoms with E-state index in [2.05, 4.69) is 206 Å². The molecule has 0 aliphatic carbocycles. The van der Waals surface area contributed by atoms with Crippen LogP contribution in [-0.4, -0.2) is 19.9 Å². The van der Waals surface area contributed by atoms with Crippen LogP contribution in [0.5, 0.6) is 0 Å². The van der Waals surface area contributed by atoms with Gasteiger partial charge in [-0.3, -0.25) is 19.9 Å². The van der Waals surface area contributed by atoms with Gasteiger partial charge in [0.25, 0.3) is 0 Å². The minimum Gasteiger partial charge on any atom is -0.254 e. The molecular formula is C68H40N4. The van der Waals surface area contributed by atoms with Crippen molar-refractivity contribution in [3.05, 3.63) is 243 Å². The summed E-state index contributed by atoms with van der Waals surface area (Å²) in [6.07, 6.45) is 7.51. The minimum atomic E-state index is 0.881. The third-order valence-electron chi connectivity index (χ3n) is 14.9. The SMILES string of the molecule is c1ccc(-c2ccc3c(-c4cc5cccnc5c5ncccc45)c4cc5c(-c6ccccc6)c(-c6ccc7ccccc7c6)c6ccccc6c5cc4c(-c4cc5cccnc5c5ncccc45)c3c2)cc1. The Kier molecular flexibility index (Phi) is 8.92. The molecule has 0 bridgehead atoms. The van der Waals surface area contributed by atoms with Gasteiger partial charge in [-0.25, -0.2) is 0 Å². The number of pyridine rings is 4. The summed E-state index contributed by atoms with van der Waals surface area (Å²) in [5.41, 5.74) is 15.1. The largest absolute Gasteiger partial charge is 0.254 e. The van der Waals surface area contributed by atoms with Crippen molar-refractivity contribution in [1.29, 1.82) is 0 Å². The first kappa shape index (κ1) is 40.3. The van der Waals surface area contributed by atoms with Gasteiger partial charge >= 0.3 is 0 Å². The van der Waals surface area contributed by atoms with E-state index < -0.39 is 0 Å². The molecule has 0 fully saturated rings. The van der Waals surface area contributed by atoms with Gasteiger partial charge in [-0.05, 0) is 170 Å². The fraction of sp³-hybridized carbons (Fsp3) is 0. The predicted octanol–water partition coefficient (Wildman–Crippen LogP) is 18.0. The van der Waals surface area contributed by atoms with Crippen molar-refractivity contribution in [2.45, 2.75) is 0 Å². The number of hydrogen-bond acceptors (Lipinski definition) is 4. The molecule has 0 aliphatic heterocycles. The number of rotatable bonds is 5. The first-order valence-electron chi connectivity index (χ1n) is 24.5. The molecule has 0 spiro atoms. The molecule has 0 amide bonds. The highest BCUT2D eigenvalue weighted by atomic mass is 14.7. The molecule has 0 aliphatic rings. The Morgan fingerprint density at radius 1 is 0.194 bits per heavy atom. The van der Waals surface area contributed by atoms with Crippen molar-refractivity contribution in [2.75, 3.05) is 0 Å². The van der Waals surface area contributed by atoms with E-state index in [-0.39, 0.29) is 0 Å². The summed E-state index contributed by atoms with van der Waals surface area (Å²) in [7, 11) is 0. The Balaban J connectivity index is 1.21. The van der Waals surface area contributed by atoms with Crippen molar-refractivity contribution in [3.63, 3.8) is 0 Å². The van der Waals surface area contributed by atoms with Crippen LogP contribution in [0.1, 0.15) is 0 Å². The average Bonchev–Trinajstić information content (AvgIpc) is 3.45. The summed E-state index contributed by atoms with van der Waals surface area (Å²) in [5.74, 6) is 0. The maximum Gasteiger partial charge on any atom is 0.0970 e. The average molecular weight is 913 g/mol. The molecule has 4 aromatic heterocycles. The van der Waals surface area contributed by atoms with Gasteiger partial charge in [0.2, 0.25) is 0 Å². The summed E-state index contributed by atoms with van der Waals surface area (Å²) in [4.78, 5) is 20.0. The van der Waals surface area contributed by atoms with Crippen LogP contribution >= 0.6 is 0 Å². The monoisotopic (exact) mass is 912 g/mol. The summed E-state index contributed by atoms with van der Waals surface area (Å²) in [6.45, 7) is 0. The van der Waals surface area contributed by atoms with Crippen molar-refractivity contribution in [3.8, 4) is 55.6 Å². The summed E-state index contributed by atoms with van der Waals surface area (Å²) in [6, 6.07) is 80.1. The third kappa shape index (κ3) is 6.12. The second-order valence-electron chi connectivity index (χ2n) is 18.8. The maximum absolute atomic E-state index is 5.07. The van der Waals surface area contributed by atoms with Crippen LogP contribution in [-0.2, 0) is 0 Å². The topological polar surface area (TPSA) is 51.6 Å². The molecule has 15 aromatic rings. The fourth-order valence-corrected chi connectivity index (χ4v) is 11.8. The van der Waals surface area contributed by atoms with Gasteiger partial charge in [-0.15, -0.1) is 0 Å². The Labute approximate surface area is 414 Å². The van der Waals surface area contributed by atoms with Gasteiger partial charge in [-0.1, -0.05) is 158 Å². The van der Waals surface area contributed by atoms with Crippen LogP contribution in [0, 0.1) is 0 Å². The number of aromatic nitrogens is 4. The van der Waals surface area contributed by atoms with Crippen molar-refractivity contribution in [1.82, 2.24) is 19.9 Å². The standard InChI is InChI=1S/C68H40N4/c1-3-15-41(16-4-1)45-29-30-51-55(36-45)64(57-38-48-22-12-32-70-66(48)68-53(57)26-14-34-72-68)59-39-54-49-23-9-10-24-50(49)62(46-28-27-42-17-7-8-20-44(42)35-46)61(43-18-5-2-6-19-43)58(54)40-60(59)63(51)56-37-47-21-11-31-69-65(47)67-52(56)25-13-33-71-67/h1-40H. The molecule has 332 valence electrons. The second kappa shape index (κ2) is 16.0. The van der Waals surface area contributed by atoms with Crippen LogP contribution in [0.25, 0.3) is 153 Å². The predicted molar refractivity (Wildman–Crippen MR) is 302 cm³/mol. The Morgan fingerprint density at radius 3 is 1.31 bits per heavy atom. The molecule has 0 saturated heterocycles. The van der Waals surface area contributed by atoms with E-state index in [1.807, 2.05) is 36.9 Å². The van der Waals surface area contributed by atoms with E-state index in [4.69, 9.17) is 19.9 Å². The molecular weight excluding hydrogens is 873 g/mol. The first-order chi connectivity index (χ1) is 35.7.